The first-order chi connectivity index (χ1) is 13.4. The van der Waals surface area contributed by atoms with Crippen LogP contribution in [0.4, 0.5) is 0 Å². The molecule has 4 fully saturated rings. The molecule has 6 nitrogen and oxygen atoms in total. The van der Waals surface area contributed by atoms with Gasteiger partial charge in [-0.3, -0.25) is 4.79 Å². The van der Waals surface area contributed by atoms with Crippen LogP contribution in [0, 0.1) is 17.3 Å². The molecule has 1 aromatic carbocycles. The Bertz CT molecular complexity index is 730. The summed E-state index contributed by atoms with van der Waals surface area (Å²) < 4.78 is 10.4. The number of hydrogen-bond donors (Lipinski definition) is 2. The van der Waals surface area contributed by atoms with Crippen LogP contribution in [0.5, 0.6) is 5.75 Å². The first-order valence-electron chi connectivity index (χ1n) is 10.2. The number of carbonyl (C=O) groups is 2. The zero-order chi connectivity index (χ0) is 19.8. The van der Waals surface area contributed by atoms with E-state index in [1.807, 2.05) is 12.1 Å². The van der Waals surface area contributed by atoms with E-state index in [0.717, 1.165) is 25.0 Å². The molecule has 5 rings (SSSR count). The molecule has 4 saturated carbocycles. The van der Waals surface area contributed by atoms with Crippen LogP contribution < -0.4 is 10.1 Å². The molecule has 0 aliphatic heterocycles. The van der Waals surface area contributed by atoms with E-state index < -0.39 is 5.97 Å². The van der Waals surface area contributed by atoms with Gasteiger partial charge in [-0.05, 0) is 73.5 Å². The second-order valence-corrected chi connectivity index (χ2v) is 8.95. The number of hydrogen-bond acceptors (Lipinski definition) is 4. The lowest BCUT2D eigenvalue weighted by Crippen LogP contribution is -2.59. The average Bonchev–Trinajstić information content (AvgIpc) is 2.66. The maximum atomic E-state index is 13.2. The number of methoxy groups -OCH3 is 1. The minimum atomic E-state index is -0.992. The zero-order valence-electron chi connectivity index (χ0n) is 16.4. The summed E-state index contributed by atoms with van der Waals surface area (Å²) in [5.74, 6) is 1.21. The first kappa shape index (κ1) is 19.2. The Hall–Kier alpha value is -2.08. The van der Waals surface area contributed by atoms with Crippen LogP contribution in [0.2, 0.25) is 0 Å². The maximum absolute atomic E-state index is 13.2. The van der Waals surface area contributed by atoms with Crippen molar-refractivity contribution in [3.8, 4) is 5.75 Å². The molecular weight excluding hydrogens is 358 g/mol. The number of ether oxygens (including phenoxy) is 2. The lowest BCUT2D eigenvalue weighted by atomic mass is 9.42. The van der Waals surface area contributed by atoms with Crippen LogP contribution in [-0.2, 0) is 19.7 Å². The zero-order valence-corrected chi connectivity index (χ0v) is 16.4. The molecule has 4 aliphatic rings. The summed E-state index contributed by atoms with van der Waals surface area (Å²) in [7, 11) is 1.68. The fourth-order valence-corrected chi connectivity index (χ4v) is 6.39. The largest absolute Gasteiger partial charge is 0.497 e. The van der Waals surface area contributed by atoms with Crippen molar-refractivity contribution in [1.82, 2.24) is 5.32 Å². The minimum absolute atomic E-state index is 0.0908. The molecular formula is C22H29NO5. The molecule has 4 bridgehead atoms. The molecule has 0 saturated heterocycles. The quantitative estimate of drug-likeness (QED) is 0.670. The number of amides is 1. The standard InChI is InChI=1S/C22H29NO5/c1-27-18-4-2-17(3-5-18)21-9-15-8-16(10-21)12-22(11-15,14-21)20(26)23-6-7-28-13-19(24)25/h2-5,15-16H,6-14H2,1H3,(H,23,26)(H,24,25). The third-order valence-corrected chi connectivity index (χ3v) is 7.00. The van der Waals surface area contributed by atoms with E-state index in [1.54, 1.807) is 7.11 Å². The molecule has 2 N–H and O–H groups in total. The predicted octanol–water partition coefficient (Wildman–Crippen LogP) is 2.75. The third-order valence-electron chi connectivity index (χ3n) is 7.00. The number of carbonyl (C=O) groups excluding carboxylic acids is 1. The third kappa shape index (κ3) is 3.50. The van der Waals surface area contributed by atoms with E-state index in [-0.39, 0.29) is 30.0 Å². The molecule has 28 heavy (non-hydrogen) atoms. The summed E-state index contributed by atoms with van der Waals surface area (Å²) in [4.78, 5) is 23.7. The summed E-state index contributed by atoms with van der Waals surface area (Å²) in [6.07, 6.45) is 6.45. The van der Waals surface area contributed by atoms with Gasteiger partial charge in [0.25, 0.3) is 0 Å². The molecule has 0 radical (unpaired) electrons. The van der Waals surface area contributed by atoms with Crippen LogP contribution in [-0.4, -0.2) is 43.9 Å². The lowest BCUT2D eigenvalue weighted by Gasteiger charge is -2.61. The molecule has 4 aliphatic carbocycles. The van der Waals surface area contributed by atoms with E-state index in [9.17, 15) is 9.59 Å². The first-order valence-corrected chi connectivity index (χ1v) is 10.2. The summed E-state index contributed by atoms with van der Waals surface area (Å²) in [6, 6.07) is 8.41. The van der Waals surface area contributed by atoms with E-state index in [0.29, 0.717) is 18.4 Å². The van der Waals surface area contributed by atoms with Gasteiger partial charge in [0.2, 0.25) is 5.91 Å². The number of carboxylic acid groups (broad SMARTS) is 1. The van der Waals surface area contributed by atoms with Gasteiger partial charge in [-0.2, -0.15) is 0 Å². The SMILES string of the molecule is COc1ccc(C23CC4CC(CC(C(=O)NCCOCC(=O)O)(C4)C2)C3)cc1. The van der Waals surface area contributed by atoms with Gasteiger partial charge < -0.3 is 19.9 Å². The molecule has 152 valence electrons. The van der Waals surface area contributed by atoms with E-state index in [1.165, 1.54) is 24.8 Å². The highest BCUT2D eigenvalue weighted by Crippen LogP contribution is 2.65. The predicted molar refractivity (Wildman–Crippen MR) is 103 cm³/mol. The van der Waals surface area contributed by atoms with Gasteiger partial charge in [0, 0.05) is 6.54 Å². The Morgan fingerprint density at radius 1 is 1.14 bits per heavy atom. The Morgan fingerprint density at radius 2 is 1.82 bits per heavy atom. The van der Waals surface area contributed by atoms with E-state index in [4.69, 9.17) is 14.6 Å². The molecule has 1 aromatic rings. The van der Waals surface area contributed by atoms with Gasteiger partial charge in [-0.1, -0.05) is 12.1 Å². The number of benzene rings is 1. The molecule has 1 amide bonds. The monoisotopic (exact) mass is 387 g/mol. The van der Waals surface area contributed by atoms with Crippen LogP contribution in [0.25, 0.3) is 0 Å². The fourth-order valence-electron chi connectivity index (χ4n) is 6.39. The van der Waals surface area contributed by atoms with Crippen LogP contribution in [0.15, 0.2) is 24.3 Å². The Morgan fingerprint density at radius 3 is 2.43 bits per heavy atom. The second kappa shape index (κ2) is 7.39. The maximum Gasteiger partial charge on any atom is 0.329 e. The van der Waals surface area contributed by atoms with Crippen molar-refractivity contribution in [2.24, 2.45) is 17.3 Å². The minimum Gasteiger partial charge on any atom is -0.497 e. The van der Waals surface area contributed by atoms with E-state index >= 15 is 0 Å². The van der Waals surface area contributed by atoms with Gasteiger partial charge >= 0.3 is 5.97 Å². The fraction of sp³-hybridized carbons (Fsp3) is 0.636. The molecule has 0 aromatic heterocycles. The smallest absolute Gasteiger partial charge is 0.329 e. The Balaban J connectivity index is 1.47. The number of aliphatic carboxylic acids is 1. The number of carboxylic acids is 1. The number of rotatable bonds is 8. The van der Waals surface area contributed by atoms with Crippen molar-refractivity contribution in [2.75, 3.05) is 26.9 Å². The van der Waals surface area contributed by atoms with Crippen molar-refractivity contribution in [3.05, 3.63) is 29.8 Å². The summed E-state index contributed by atoms with van der Waals surface area (Å²) in [5, 5.41) is 11.6. The molecule has 0 spiro atoms. The summed E-state index contributed by atoms with van der Waals surface area (Å²) in [6.45, 7) is 0.259. The topological polar surface area (TPSA) is 84.9 Å². The van der Waals surface area contributed by atoms with Crippen molar-refractivity contribution in [1.29, 1.82) is 0 Å². The van der Waals surface area contributed by atoms with Crippen LogP contribution in [0.1, 0.15) is 44.1 Å². The molecule has 2 atom stereocenters. The normalized spacial score (nSPS) is 32.9. The summed E-state index contributed by atoms with van der Waals surface area (Å²) >= 11 is 0. The number of nitrogens with one attached hydrogen (secondary N) is 1. The Labute approximate surface area is 165 Å². The van der Waals surface area contributed by atoms with Crippen LogP contribution in [0.3, 0.4) is 0 Å². The van der Waals surface area contributed by atoms with Crippen molar-refractivity contribution >= 4 is 11.9 Å². The highest BCUT2D eigenvalue weighted by atomic mass is 16.5. The molecule has 0 heterocycles. The van der Waals surface area contributed by atoms with Gasteiger partial charge in [0.15, 0.2) is 0 Å². The second-order valence-electron chi connectivity index (χ2n) is 8.95. The lowest BCUT2D eigenvalue weighted by molar-refractivity contribution is -0.149. The van der Waals surface area contributed by atoms with Crippen molar-refractivity contribution in [2.45, 2.75) is 43.9 Å². The van der Waals surface area contributed by atoms with Gasteiger partial charge in [0.05, 0.1) is 19.1 Å². The highest BCUT2D eigenvalue weighted by Gasteiger charge is 2.60. The molecule has 6 heteroatoms. The summed E-state index contributed by atoms with van der Waals surface area (Å²) in [5.41, 5.74) is 1.13. The van der Waals surface area contributed by atoms with E-state index in [2.05, 4.69) is 17.4 Å². The van der Waals surface area contributed by atoms with Gasteiger partial charge in [-0.15, -0.1) is 0 Å². The molecule has 2 unspecified atom stereocenters. The van der Waals surface area contributed by atoms with Crippen LogP contribution >= 0.6 is 0 Å². The highest BCUT2D eigenvalue weighted by molar-refractivity contribution is 5.83. The Kier molecular flexibility index (Phi) is 5.08. The van der Waals surface area contributed by atoms with Gasteiger partial charge in [-0.25, -0.2) is 4.79 Å². The average molecular weight is 387 g/mol. The van der Waals surface area contributed by atoms with Crippen molar-refractivity contribution in [3.63, 3.8) is 0 Å². The van der Waals surface area contributed by atoms with Crippen molar-refractivity contribution < 1.29 is 24.2 Å². The van der Waals surface area contributed by atoms with Gasteiger partial charge in [0.1, 0.15) is 12.4 Å².